The Morgan fingerprint density at radius 2 is 2.11 bits per heavy atom. The van der Waals surface area contributed by atoms with Gasteiger partial charge in [0.15, 0.2) is 0 Å². The van der Waals surface area contributed by atoms with Crippen molar-refractivity contribution in [2.24, 2.45) is 0 Å². The number of carbonyl (C=O) groups is 1. The van der Waals surface area contributed by atoms with Crippen LogP contribution in [0.3, 0.4) is 0 Å². The van der Waals surface area contributed by atoms with Crippen molar-refractivity contribution in [1.82, 2.24) is 5.32 Å². The van der Waals surface area contributed by atoms with Gasteiger partial charge in [-0.25, -0.2) is 0 Å². The molecule has 0 aromatic heterocycles. The summed E-state index contributed by atoms with van der Waals surface area (Å²) in [4.78, 5) is 10.3. The number of nitrogens with one attached hydrogen (secondary N) is 1. The second-order valence-corrected chi connectivity index (χ2v) is 2.19. The second kappa shape index (κ2) is 4.13. The van der Waals surface area contributed by atoms with Crippen molar-refractivity contribution in [3.63, 3.8) is 0 Å². The SMILES string of the molecule is C=C(C)CCNC(C)=O. The van der Waals surface area contributed by atoms with Gasteiger partial charge in [-0.1, -0.05) is 5.57 Å². The molecule has 0 atom stereocenters. The largest absolute Gasteiger partial charge is 0.356 e. The molecular weight excluding hydrogens is 114 g/mol. The van der Waals surface area contributed by atoms with Crippen LogP contribution in [-0.4, -0.2) is 12.5 Å². The third-order valence-corrected chi connectivity index (χ3v) is 0.926. The van der Waals surface area contributed by atoms with Gasteiger partial charge in [-0.05, 0) is 13.3 Å². The minimum Gasteiger partial charge on any atom is -0.356 e. The van der Waals surface area contributed by atoms with Crippen molar-refractivity contribution in [2.75, 3.05) is 6.54 Å². The minimum atomic E-state index is 0.0243. The van der Waals surface area contributed by atoms with E-state index in [2.05, 4.69) is 11.9 Å². The monoisotopic (exact) mass is 127 g/mol. The zero-order valence-electron chi connectivity index (χ0n) is 6.03. The van der Waals surface area contributed by atoms with Crippen molar-refractivity contribution >= 4 is 5.91 Å². The van der Waals surface area contributed by atoms with Gasteiger partial charge < -0.3 is 5.32 Å². The summed E-state index contributed by atoms with van der Waals surface area (Å²) in [6.07, 6.45) is 0.875. The molecule has 0 aromatic carbocycles. The molecule has 0 unspecified atom stereocenters. The van der Waals surface area contributed by atoms with Gasteiger partial charge in [0.05, 0.1) is 0 Å². The van der Waals surface area contributed by atoms with Gasteiger partial charge in [0, 0.05) is 13.5 Å². The highest BCUT2D eigenvalue weighted by atomic mass is 16.1. The maximum Gasteiger partial charge on any atom is 0.216 e. The fraction of sp³-hybridized carbons (Fsp3) is 0.571. The predicted molar refractivity (Wildman–Crippen MR) is 38.1 cm³/mol. The molecule has 0 aromatic rings. The number of hydrogen-bond acceptors (Lipinski definition) is 1. The molecule has 0 bridgehead atoms. The lowest BCUT2D eigenvalue weighted by molar-refractivity contribution is -0.118. The van der Waals surface area contributed by atoms with Crippen molar-refractivity contribution < 1.29 is 4.79 Å². The highest BCUT2D eigenvalue weighted by Crippen LogP contribution is 1.91. The highest BCUT2D eigenvalue weighted by Gasteiger charge is 1.88. The first-order chi connectivity index (χ1) is 4.13. The van der Waals surface area contributed by atoms with E-state index in [1.807, 2.05) is 6.92 Å². The zero-order valence-corrected chi connectivity index (χ0v) is 6.03. The normalized spacial score (nSPS) is 8.67. The molecule has 0 spiro atoms. The molecule has 2 heteroatoms. The smallest absolute Gasteiger partial charge is 0.216 e. The van der Waals surface area contributed by atoms with Crippen molar-refractivity contribution in [2.45, 2.75) is 20.3 Å². The Bertz CT molecular complexity index is 104. The number of rotatable bonds is 3. The molecule has 1 amide bonds. The van der Waals surface area contributed by atoms with Crippen LogP contribution in [0, 0.1) is 0 Å². The van der Waals surface area contributed by atoms with Crippen LogP contribution in [0.4, 0.5) is 0 Å². The molecule has 0 rings (SSSR count). The zero-order chi connectivity index (χ0) is 7.28. The predicted octanol–water partition coefficient (Wildman–Crippen LogP) is 1.09. The van der Waals surface area contributed by atoms with E-state index in [0.717, 1.165) is 12.0 Å². The van der Waals surface area contributed by atoms with Crippen LogP contribution >= 0.6 is 0 Å². The third kappa shape index (κ3) is 7.21. The molecule has 0 saturated heterocycles. The van der Waals surface area contributed by atoms with Gasteiger partial charge in [-0.3, -0.25) is 4.79 Å². The highest BCUT2D eigenvalue weighted by molar-refractivity contribution is 5.72. The van der Waals surface area contributed by atoms with E-state index in [0.29, 0.717) is 6.54 Å². The van der Waals surface area contributed by atoms with Crippen LogP contribution in [0.5, 0.6) is 0 Å². The maximum atomic E-state index is 10.3. The summed E-state index contributed by atoms with van der Waals surface area (Å²) in [5.41, 5.74) is 1.10. The van der Waals surface area contributed by atoms with Gasteiger partial charge in [0.1, 0.15) is 0 Å². The minimum absolute atomic E-state index is 0.0243. The van der Waals surface area contributed by atoms with Crippen molar-refractivity contribution in [3.05, 3.63) is 12.2 Å². The van der Waals surface area contributed by atoms with Crippen LogP contribution in [0.1, 0.15) is 20.3 Å². The van der Waals surface area contributed by atoms with Crippen LogP contribution in [-0.2, 0) is 4.79 Å². The standard InChI is InChI=1S/C7H13NO/c1-6(2)4-5-8-7(3)9/h1,4-5H2,2-3H3,(H,8,9). The fourth-order valence-electron chi connectivity index (χ4n) is 0.452. The quantitative estimate of drug-likeness (QED) is 0.565. The van der Waals surface area contributed by atoms with Crippen molar-refractivity contribution in [3.8, 4) is 0 Å². The van der Waals surface area contributed by atoms with E-state index in [-0.39, 0.29) is 5.91 Å². The summed E-state index contributed by atoms with van der Waals surface area (Å²) in [6, 6.07) is 0. The first-order valence-electron chi connectivity index (χ1n) is 3.01. The maximum absolute atomic E-state index is 10.3. The summed E-state index contributed by atoms with van der Waals surface area (Å²) < 4.78 is 0. The molecule has 0 saturated carbocycles. The Kier molecular flexibility index (Phi) is 3.76. The van der Waals surface area contributed by atoms with Crippen LogP contribution in [0.25, 0.3) is 0 Å². The van der Waals surface area contributed by atoms with E-state index >= 15 is 0 Å². The topological polar surface area (TPSA) is 29.1 Å². The van der Waals surface area contributed by atoms with E-state index in [1.54, 1.807) is 0 Å². The number of amides is 1. The molecular formula is C7H13NO. The van der Waals surface area contributed by atoms with E-state index in [4.69, 9.17) is 0 Å². The Hall–Kier alpha value is -0.790. The summed E-state index contributed by atoms with van der Waals surface area (Å²) in [5, 5.41) is 2.68. The summed E-state index contributed by atoms with van der Waals surface area (Å²) in [5.74, 6) is 0.0243. The molecule has 9 heavy (non-hydrogen) atoms. The van der Waals surface area contributed by atoms with E-state index in [1.165, 1.54) is 6.92 Å². The van der Waals surface area contributed by atoms with Crippen LogP contribution in [0.2, 0.25) is 0 Å². The van der Waals surface area contributed by atoms with Crippen molar-refractivity contribution in [1.29, 1.82) is 0 Å². The van der Waals surface area contributed by atoms with Gasteiger partial charge in [0.25, 0.3) is 0 Å². The van der Waals surface area contributed by atoms with Crippen LogP contribution < -0.4 is 5.32 Å². The molecule has 0 aliphatic carbocycles. The number of carbonyl (C=O) groups excluding carboxylic acids is 1. The first-order valence-corrected chi connectivity index (χ1v) is 3.01. The average molecular weight is 127 g/mol. The van der Waals surface area contributed by atoms with E-state index in [9.17, 15) is 4.79 Å². The molecule has 0 aliphatic rings. The number of hydrogen-bond donors (Lipinski definition) is 1. The van der Waals surface area contributed by atoms with Gasteiger partial charge in [0.2, 0.25) is 5.91 Å². The lowest BCUT2D eigenvalue weighted by atomic mass is 10.2. The summed E-state index contributed by atoms with van der Waals surface area (Å²) in [6.45, 7) is 7.87. The molecule has 0 radical (unpaired) electrons. The Morgan fingerprint density at radius 1 is 1.56 bits per heavy atom. The molecule has 0 aliphatic heterocycles. The molecule has 2 nitrogen and oxygen atoms in total. The molecule has 52 valence electrons. The summed E-state index contributed by atoms with van der Waals surface area (Å²) >= 11 is 0. The molecule has 0 heterocycles. The summed E-state index contributed by atoms with van der Waals surface area (Å²) in [7, 11) is 0. The Labute approximate surface area is 56.0 Å². The lowest BCUT2D eigenvalue weighted by Crippen LogP contribution is -2.20. The lowest BCUT2D eigenvalue weighted by Gasteiger charge is -1.99. The van der Waals surface area contributed by atoms with Gasteiger partial charge in [-0.15, -0.1) is 6.58 Å². The Morgan fingerprint density at radius 3 is 2.44 bits per heavy atom. The fourth-order valence-corrected chi connectivity index (χ4v) is 0.452. The average Bonchev–Trinajstić information content (AvgIpc) is 1.63. The van der Waals surface area contributed by atoms with Gasteiger partial charge in [-0.2, -0.15) is 0 Å². The van der Waals surface area contributed by atoms with Gasteiger partial charge >= 0.3 is 0 Å². The molecule has 1 N–H and O–H groups in total. The van der Waals surface area contributed by atoms with E-state index < -0.39 is 0 Å². The molecule has 0 fully saturated rings. The van der Waals surface area contributed by atoms with Crippen LogP contribution in [0.15, 0.2) is 12.2 Å². The second-order valence-electron chi connectivity index (χ2n) is 2.19. The third-order valence-electron chi connectivity index (χ3n) is 0.926. The first kappa shape index (κ1) is 8.21. The Balaban J connectivity index is 3.10.